The number of carbonyl (C=O) groups excluding carboxylic acids is 2. The average Bonchev–Trinajstić information content (AvgIpc) is 3.24. The summed E-state index contributed by atoms with van der Waals surface area (Å²) in [5.41, 5.74) is 1.39. The predicted octanol–water partition coefficient (Wildman–Crippen LogP) is 4.19. The third kappa shape index (κ3) is 5.72. The van der Waals surface area contributed by atoms with E-state index in [0.717, 1.165) is 5.69 Å². The van der Waals surface area contributed by atoms with Crippen LogP contribution in [0.1, 0.15) is 18.4 Å². The predicted molar refractivity (Wildman–Crippen MR) is 121 cm³/mol. The van der Waals surface area contributed by atoms with Crippen LogP contribution in [0.3, 0.4) is 0 Å². The van der Waals surface area contributed by atoms with E-state index in [-0.39, 0.29) is 18.2 Å². The van der Waals surface area contributed by atoms with Gasteiger partial charge in [0.25, 0.3) is 0 Å². The molecular formula is C18H18Cl2N6O2S2. The van der Waals surface area contributed by atoms with E-state index >= 15 is 0 Å². The van der Waals surface area contributed by atoms with Crippen molar-refractivity contribution >= 4 is 68.9 Å². The number of carbonyl (C=O) groups is 2. The number of benzene rings is 1. The molecule has 12 heteroatoms. The van der Waals surface area contributed by atoms with Gasteiger partial charge in [-0.25, -0.2) is 4.98 Å². The Balaban J connectivity index is 1.58. The number of aromatic nitrogens is 4. The van der Waals surface area contributed by atoms with Crippen molar-refractivity contribution in [2.24, 2.45) is 7.05 Å². The molecule has 0 unspecified atom stereocenters. The van der Waals surface area contributed by atoms with Crippen LogP contribution in [0.15, 0.2) is 28.7 Å². The highest BCUT2D eigenvalue weighted by Crippen LogP contribution is 2.26. The zero-order chi connectivity index (χ0) is 21.8. The van der Waals surface area contributed by atoms with Crippen LogP contribution < -0.4 is 10.6 Å². The molecule has 2 heterocycles. The number of aryl methyl sites for hydroxylation is 1. The van der Waals surface area contributed by atoms with Crippen LogP contribution in [0, 0.1) is 6.92 Å². The van der Waals surface area contributed by atoms with Crippen LogP contribution >= 0.6 is 46.3 Å². The largest absolute Gasteiger partial charge is 0.326 e. The lowest BCUT2D eigenvalue weighted by Crippen LogP contribution is -2.23. The number of anilines is 2. The average molecular weight is 485 g/mol. The van der Waals surface area contributed by atoms with Gasteiger partial charge < -0.3 is 15.2 Å². The molecule has 0 aliphatic heterocycles. The Morgan fingerprint density at radius 1 is 1.23 bits per heavy atom. The summed E-state index contributed by atoms with van der Waals surface area (Å²) >= 11 is 14.5. The number of nitrogens with zero attached hydrogens (tertiary/aromatic N) is 4. The monoisotopic (exact) mass is 484 g/mol. The Morgan fingerprint density at radius 3 is 2.67 bits per heavy atom. The van der Waals surface area contributed by atoms with Gasteiger partial charge in [-0.1, -0.05) is 35.0 Å². The standard InChI is InChI=1S/C18H18Cl2N6O2S2/c1-9-8-29-17(21-9)23-16(28)10(2)30-18-25-24-14(26(18)3)7-15(27)22-11-4-5-12(19)13(20)6-11/h4-6,8,10H,7H2,1-3H3,(H,22,27)(H,21,23,28)/t10-/m0/s1. The van der Waals surface area contributed by atoms with Crippen molar-refractivity contribution < 1.29 is 9.59 Å². The SMILES string of the molecule is Cc1csc(NC(=O)[C@H](C)Sc2nnc(CC(=O)Nc3ccc(Cl)c(Cl)c3)n2C)n1. The zero-order valence-electron chi connectivity index (χ0n) is 16.3. The summed E-state index contributed by atoms with van der Waals surface area (Å²) in [7, 11) is 1.75. The molecule has 0 fully saturated rings. The number of hydrogen-bond donors (Lipinski definition) is 2. The molecule has 0 saturated heterocycles. The molecule has 0 spiro atoms. The van der Waals surface area contributed by atoms with Crippen LogP contribution in [-0.2, 0) is 23.1 Å². The van der Waals surface area contributed by atoms with E-state index in [2.05, 4.69) is 25.8 Å². The second-order valence-electron chi connectivity index (χ2n) is 6.36. The molecule has 0 radical (unpaired) electrons. The molecule has 2 aromatic heterocycles. The van der Waals surface area contributed by atoms with Crippen LogP contribution in [0.5, 0.6) is 0 Å². The van der Waals surface area contributed by atoms with Crippen LogP contribution in [0.25, 0.3) is 0 Å². The summed E-state index contributed by atoms with van der Waals surface area (Å²) in [6.07, 6.45) is 0.0171. The van der Waals surface area contributed by atoms with Crippen molar-refractivity contribution in [1.82, 2.24) is 19.7 Å². The van der Waals surface area contributed by atoms with Crippen LogP contribution in [0.4, 0.5) is 10.8 Å². The van der Waals surface area contributed by atoms with Gasteiger partial charge in [0, 0.05) is 18.1 Å². The number of halogens is 2. The number of thioether (sulfide) groups is 1. The van der Waals surface area contributed by atoms with Gasteiger partial charge in [0.1, 0.15) is 5.82 Å². The van der Waals surface area contributed by atoms with Gasteiger partial charge in [-0.15, -0.1) is 21.5 Å². The highest BCUT2D eigenvalue weighted by molar-refractivity contribution is 8.00. The second kappa shape index (κ2) is 9.78. The molecule has 0 saturated carbocycles. The van der Waals surface area contributed by atoms with E-state index in [9.17, 15) is 9.59 Å². The molecule has 1 atom stereocenters. The van der Waals surface area contributed by atoms with Gasteiger partial charge in [-0.05, 0) is 32.0 Å². The van der Waals surface area contributed by atoms with Gasteiger partial charge in [-0.2, -0.15) is 0 Å². The Hall–Kier alpha value is -2.14. The maximum absolute atomic E-state index is 12.4. The molecule has 1 aromatic carbocycles. The maximum atomic E-state index is 12.4. The smallest absolute Gasteiger partial charge is 0.239 e. The Bertz CT molecular complexity index is 1080. The van der Waals surface area contributed by atoms with E-state index in [0.29, 0.717) is 31.8 Å². The van der Waals surface area contributed by atoms with E-state index in [1.54, 1.807) is 36.7 Å². The first-order valence-electron chi connectivity index (χ1n) is 8.75. The number of amides is 2. The zero-order valence-corrected chi connectivity index (χ0v) is 19.4. The summed E-state index contributed by atoms with van der Waals surface area (Å²) in [4.78, 5) is 28.9. The minimum absolute atomic E-state index is 0.0171. The third-order valence-corrected chi connectivity index (χ3v) is 6.70. The topological polar surface area (TPSA) is 102 Å². The van der Waals surface area contributed by atoms with Gasteiger partial charge in [0.05, 0.1) is 27.4 Å². The fourth-order valence-electron chi connectivity index (χ4n) is 2.35. The van der Waals surface area contributed by atoms with Gasteiger partial charge in [0.15, 0.2) is 10.3 Å². The fraction of sp³-hybridized carbons (Fsp3) is 0.278. The normalized spacial score (nSPS) is 11.9. The van der Waals surface area contributed by atoms with E-state index in [4.69, 9.17) is 23.2 Å². The van der Waals surface area contributed by atoms with E-state index in [1.165, 1.54) is 23.1 Å². The van der Waals surface area contributed by atoms with Crippen LogP contribution in [0.2, 0.25) is 10.0 Å². The lowest BCUT2D eigenvalue weighted by atomic mass is 10.3. The summed E-state index contributed by atoms with van der Waals surface area (Å²) in [5, 5.41) is 17.0. The van der Waals surface area contributed by atoms with Crippen molar-refractivity contribution in [1.29, 1.82) is 0 Å². The summed E-state index contributed by atoms with van der Waals surface area (Å²) in [6.45, 7) is 3.63. The first-order chi connectivity index (χ1) is 14.2. The van der Waals surface area contributed by atoms with Gasteiger partial charge >= 0.3 is 0 Å². The molecule has 0 bridgehead atoms. The molecular weight excluding hydrogens is 467 g/mol. The van der Waals surface area contributed by atoms with Gasteiger partial charge in [0.2, 0.25) is 11.8 Å². The third-order valence-electron chi connectivity index (χ3n) is 3.95. The molecule has 2 amide bonds. The number of thiazole rings is 1. The van der Waals surface area contributed by atoms with E-state index < -0.39 is 5.25 Å². The summed E-state index contributed by atoms with van der Waals surface area (Å²) < 4.78 is 1.69. The first kappa shape index (κ1) is 22.5. The molecule has 0 aliphatic carbocycles. The fourth-order valence-corrected chi connectivity index (χ4v) is 4.18. The number of nitrogens with one attached hydrogen (secondary N) is 2. The highest BCUT2D eigenvalue weighted by atomic mass is 35.5. The van der Waals surface area contributed by atoms with Crippen molar-refractivity contribution in [3.8, 4) is 0 Å². The number of rotatable bonds is 7. The van der Waals surface area contributed by atoms with Crippen molar-refractivity contribution in [3.63, 3.8) is 0 Å². The number of hydrogen-bond acceptors (Lipinski definition) is 7. The molecule has 8 nitrogen and oxygen atoms in total. The minimum atomic E-state index is -0.421. The lowest BCUT2D eigenvalue weighted by Gasteiger charge is -2.10. The van der Waals surface area contributed by atoms with Crippen molar-refractivity contribution in [2.75, 3.05) is 10.6 Å². The summed E-state index contributed by atoms with van der Waals surface area (Å²) in [6, 6.07) is 4.84. The van der Waals surface area contributed by atoms with E-state index in [1.807, 2.05) is 12.3 Å². The molecule has 30 heavy (non-hydrogen) atoms. The molecule has 0 aliphatic rings. The quantitative estimate of drug-likeness (QED) is 0.487. The molecule has 158 valence electrons. The van der Waals surface area contributed by atoms with Crippen LogP contribution in [-0.4, -0.2) is 36.8 Å². The Morgan fingerprint density at radius 2 is 2.00 bits per heavy atom. The molecule has 3 rings (SSSR count). The Labute approximate surface area is 191 Å². The van der Waals surface area contributed by atoms with Crippen molar-refractivity contribution in [2.45, 2.75) is 30.7 Å². The second-order valence-corrected chi connectivity index (χ2v) is 9.34. The Kier molecular flexibility index (Phi) is 7.35. The highest BCUT2D eigenvalue weighted by Gasteiger charge is 2.20. The molecule has 2 N–H and O–H groups in total. The first-order valence-corrected chi connectivity index (χ1v) is 11.3. The maximum Gasteiger partial charge on any atom is 0.239 e. The molecule has 3 aromatic rings. The summed E-state index contributed by atoms with van der Waals surface area (Å²) in [5.74, 6) is 0.0137. The minimum Gasteiger partial charge on any atom is -0.326 e. The van der Waals surface area contributed by atoms with Gasteiger partial charge in [-0.3, -0.25) is 9.59 Å². The van der Waals surface area contributed by atoms with Crippen molar-refractivity contribution in [3.05, 3.63) is 45.1 Å². The lowest BCUT2D eigenvalue weighted by molar-refractivity contribution is -0.116.